The topological polar surface area (TPSA) is 117 Å². The summed E-state index contributed by atoms with van der Waals surface area (Å²) in [5.41, 5.74) is -1.74. The average molecular weight is 458 g/mol. The van der Waals surface area contributed by atoms with E-state index >= 15 is 0 Å². The summed E-state index contributed by atoms with van der Waals surface area (Å²) in [4.78, 5) is 51.0. The molecule has 0 aromatic carbocycles. The van der Waals surface area contributed by atoms with Gasteiger partial charge in [0, 0.05) is 12.3 Å². The van der Waals surface area contributed by atoms with E-state index in [-0.39, 0.29) is 35.7 Å². The van der Waals surface area contributed by atoms with Crippen LogP contribution in [0.5, 0.6) is 0 Å². The molecular formula is C20H21F3N2O7. The Balaban J connectivity index is 2.23. The Morgan fingerprint density at radius 1 is 1.03 bits per heavy atom. The van der Waals surface area contributed by atoms with Gasteiger partial charge in [0.05, 0.1) is 30.0 Å². The van der Waals surface area contributed by atoms with Crippen LogP contribution in [0, 0.1) is 6.92 Å². The van der Waals surface area contributed by atoms with E-state index < -0.39 is 48.4 Å². The number of aromatic amines is 1. The van der Waals surface area contributed by atoms with E-state index in [0.29, 0.717) is 22.9 Å². The molecule has 0 atom stereocenters. The standard InChI is InChI=1S/C20H21F3N2O7/c1-4-30-18(28)16-11(3)17(19(29)31-5-2)24-13(16)10-32-15(27)9-25-8-12(20(21,22)23)6-7-14(25)26/h6-8,24H,4-5,9-10H2,1-3H3. The number of hydrogen-bond acceptors (Lipinski definition) is 7. The van der Waals surface area contributed by atoms with Gasteiger partial charge in [-0.05, 0) is 32.4 Å². The number of nitrogens with one attached hydrogen (secondary N) is 1. The first-order chi connectivity index (χ1) is 15.0. The molecule has 2 aromatic heterocycles. The molecule has 0 amide bonds. The van der Waals surface area contributed by atoms with Gasteiger partial charge in [-0.1, -0.05) is 0 Å². The van der Waals surface area contributed by atoms with Crippen LogP contribution >= 0.6 is 0 Å². The van der Waals surface area contributed by atoms with Crippen LogP contribution in [-0.4, -0.2) is 40.7 Å². The number of rotatable bonds is 8. The Bertz CT molecular complexity index is 1070. The minimum absolute atomic E-state index is 0.0288. The zero-order chi connectivity index (χ0) is 24.1. The van der Waals surface area contributed by atoms with Crippen LogP contribution in [0.3, 0.4) is 0 Å². The van der Waals surface area contributed by atoms with E-state index in [0.717, 1.165) is 0 Å². The van der Waals surface area contributed by atoms with Crippen molar-refractivity contribution in [3.8, 4) is 0 Å². The molecule has 32 heavy (non-hydrogen) atoms. The minimum Gasteiger partial charge on any atom is -0.462 e. The van der Waals surface area contributed by atoms with E-state index in [2.05, 4.69) is 4.98 Å². The van der Waals surface area contributed by atoms with Crippen LogP contribution in [0.4, 0.5) is 13.2 Å². The van der Waals surface area contributed by atoms with Gasteiger partial charge < -0.3 is 23.8 Å². The third-order valence-electron chi connectivity index (χ3n) is 4.27. The molecule has 0 spiro atoms. The van der Waals surface area contributed by atoms with Crippen molar-refractivity contribution in [2.45, 2.75) is 40.1 Å². The lowest BCUT2D eigenvalue weighted by Crippen LogP contribution is -2.26. The van der Waals surface area contributed by atoms with Crippen molar-refractivity contribution in [2.75, 3.05) is 13.2 Å². The SMILES string of the molecule is CCOC(=O)c1[nH]c(COC(=O)Cn2cc(C(F)(F)F)ccc2=O)c(C(=O)OCC)c1C. The Labute approximate surface area is 180 Å². The molecule has 12 heteroatoms. The summed E-state index contributed by atoms with van der Waals surface area (Å²) in [6.07, 6.45) is -4.19. The lowest BCUT2D eigenvalue weighted by molar-refractivity contribution is -0.146. The van der Waals surface area contributed by atoms with E-state index in [4.69, 9.17) is 14.2 Å². The molecule has 0 aliphatic heterocycles. The number of hydrogen-bond donors (Lipinski definition) is 1. The van der Waals surface area contributed by atoms with Crippen LogP contribution in [0.15, 0.2) is 23.1 Å². The molecule has 9 nitrogen and oxygen atoms in total. The molecule has 174 valence electrons. The molecule has 0 radical (unpaired) electrons. The van der Waals surface area contributed by atoms with Crippen molar-refractivity contribution in [1.82, 2.24) is 9.55 Å². The first kappa shape index (κ1) is 24.7. The van der Waals surface area contributed by atoms with Gasteiger partial charge in [0.1, 0.15) is 18.8 Å². The zero-order valence-electron chi connectivity index (χ0n) is 17.5. The molecule has 2 heterocycles. The Morgan fingerprint density at radius 2 is 1.66 bits per heavy atom. The average Bonchev–Trinajstić information content (AvgIpc) is 3.04. The van der Waals surface area contributed by atoms with E-state index in [1.54, 1.807) is 13.8 Å². The van der Waals surface area contributed by atoms with E-state index in [1.807, 2.05) is 0 Å². The molecule has 0 aliphatic carbocycles. The number of pyridine rings is 1. The summed E-state index contributed by atoms with van der Waals surface area (Å²) in [6.45, 7) is 3.48. The molecule has 0 saturated heterocycles. The monoisotopic (exact) mass is 458 g/mol. The summed E-state index contributed by atoms with van der Waals surface area (Å²) in [7, 11) is 0. The number of carbonyl (C=O) groups is 3. The highest BCUT2D eigenvalue weighted by molar-refractivity contribution is 5.98. The number of halogens is 3. The van der Waals surface area contributed by atoms with Crippen molar-refractivity contribution >= 4 is 17.9 Å². The van der Waals surface area contributed by atoms with Gasteiger partial charge in [0.15, 0.2) is 0 Å². The van der Waals surface area contributed by atoms with Crippen molar-refractivity contribution in [3.63, 3.8) is 0 Å². The predicted molar refractivity (Wildman–Crippen MR) is 103 cm³/mol. The summed E-state index contributed by atoms with van der Waals surface area (Å²) < 4.78 is 53.9. The molecule has 1 N–H and O–H groups in total. The number of H-pyrrole nitrogens is 1. The molecule has 2 aromatic rings. The number of ether oxygens (including phenoxy) is 3. The molecule has 2 rings (SSSR count). The Hall–Kier alpha value is -3.57. The van der Waals surface area contributed by atoms with Gasteiger partial charge in [-0.25, -0.2) is 9.59 Å². The van der Waals surface area contributed by atoms with Crippen molar-refractivity contribution in [3.05, 3.63) is 56.8 Å². The highest BCUT2D eigenvalue weighted by atomic mass is 19.4. The molecule has 0 aliphatic rings. The van der Waals surface area contributed by atoms with Gasteiger partial charge in [-0.3, -0.25) is 9.59 Å². The van der Waals surface area contributed by atoms with Crippen molar-refractivity contribution in [1.29, 1.82) is 0 Å². The fourth-order valence-electron chi connectivity index (χ4n) is 2.81. The van der Waals surface area contributed by atoms with Gasteiger partial charge in [0.2, 0.25) is 0 Å². The third kappa shape index (κ3) is 5.77. The largest absolute Gasteiger partial charge is 0.462 e. The van der Waals surface area contributed by atoms with Crippen LogP contribution in [0.2, 0.25) is 0 Å². The molecular weight excluding hydrogens is 437 g/mol. The maximum Gasteiger partial charge on any atom is 0.417 e. The van der Waals surface area contributed by atoms with Crippen molar-refractivity contribution in [2.24, 2.45) is 0 Å². The first-order valence-electron chi connectivity index (χ1n) is 9.48. The minimum atomic E-state index is -4.70. The molecule has 0 saturated carbocycles. The highest BCUT2D eigenvalue weighted by Gasteiger charge is 2.31. The second-order valence-electron chi connectivity index (χ2n) is 6.46. The Kier molecular flexibility index (Phi) is 7.84. The summed E-state index contributed by atoms with van der Waals surface area (Å²) in [6, 6.07) is 1.29. The lowest BCUT2D eigenvalue weighted by Gasteiger charge is -2.11. The third-order valence-corrected chi connectivity index (χ3v) is 4.27. The molecule has 0 fully saturated rings. The number of nitrogens with zero attached hydrogens (tertiary/aromatic N) is 1. The van der Waals surface area contributed by atoms with E-state index in [1.165, 1.54) is 6.92 Å². The van der Waals surface area contributed by atoms with Crippen LogP contribution < -0.4 is 5.56 Å². The first-order valence-corrected chi connectivity index (χ1v) is 9.48. The smallest absolute Gasteiger partial charge is 0.417 e. The van der Waals surface area contributed by atoms with Crippen LogP contribution in [0.25, 0.3) is 0 Å². The zero-order valence-corrected chi connectivity index (χ0v) is 17.5. The van der Waals surface area contributed by atoms with E-state index in [9.17, 15) is 32.3 Å². The molecule has 0 bridgehead atoms. The van der Waals surface area contributed by atoms with Gasteiger partial charge in [-0.2, -0.15) is 13.2 Å². The number of alkyl halides is 3. The maximum atomic E-state index is 12.8. The second kappa shape index (κ2) is 10.2. The van der Waals surface area contributed by atoms with Gasteiger partial charge >= 0.3 is 24.1 Å². The quantitative estimate of drug-likeness (QED) is 0.477. The predicted octanol–water partition coefficient (Wildman–Crippen LogP) is 2.60. The number of esters is 3. The summed E-state index contributed by atoms with van der Waals surface area (Å²) >= 11 is 0. The fraction of sp³-hybridized carbons (Fsp3) is 0.400. The summed E-state index contributed by atoms with van der Waals surface area (Å²) in [5.74, 6) is -2.54. The summed E-state index contributed by atoms with van der Waals surface area (Å²) in [5, 5.41) is 0. The van der Waals surface area contributed by atoms with Crippen LogP contribution in [0.1, 0.15) is 51.5 Å². The van der Waals surface area contributed by atoms with Crippen LogP contribution in [-0.2, 0) is 38.3 Å². The molecule has 0 unspecified atom stereocenters. The lowest BCUT2D eigenvalue weighted by atomic mass is 10.1. The van der Waals surface area contributed by atoms with Crippen molar-refractivity contribution < 1.29 is 41.8 Å². The fourth-order valence-corrected chi connectivity index (χ4v) is 2.81. The van der Waals surface area contributed by atoms with Gasteiger partial charge in [0.25, 0.3) is 5.56 Å². The number of carbonyl (C=O) groups excluding carboxylic acids is 3. The normalized spacial score (nSPS) is 11.2. The Morgan fingerprint density at radius 3 is 2.25 bits per heavy atom. The maximum absolute atomic E-state index is 12.8. The highest BCUT2D eigenvalue weighted by Crippen LogP contribution is 2.28. The number of aromatic nitrogens is 2. The second-order valence-corrected chi connectivity index (χ2v) is 6.46. The van der Waals surface area contributed by atoms with Gasteiger partial charge in [-0.15, -0.1) is 0 Å².